The second-order valence-electron chi connectivity index (χ2n) is 4.44. The molecule has 2 aromatic carbocycles. The van der Waals surface area contributed by atoms with Crippen LogP contribution < -0.4 is 10.6 Å². The van der Waals surface area contributed by atoms with Crippen LogP contribution in [0.3, 0.4) is 0 Å². The van der Waals surface area contributed by atoms with Gasteiger partial charge in [0.05, 0.1) is 10.7 Å². The average molecular weight is 275 g/mol. The Balaban J connectivity index is 2.30. The maximum Gasteiger partial charge on any atom is 0.258 e. The summed E-state index contributed by atoms with van der Waals surface area (Å²) in [5.74, 6) is -0.120. The van der Waals surface area contributed by atoms with E-state index in [1.807, 2.05) is 25.1 Å². The number of hydrogen-bond donors (Lipinski definition) is 1. The van der Waals surface area contributed by atoms with Crippen LogP contribution in [0, 0.1) is 6.92 Å². The summed E-state index contributed by atoms with van der Waals surface area (Å²) in [5.41, 5.74) is 8.56. The number of rotatable bonds is 2. The Bertz CT molecular complexity index is 608. The molecule has 0 spiro atoms. The molecule has 1 amide bonds. The standard InChI is InChI=1S/C15H15ClN2O/c1-10-3-8-14(13(16)9-10)18(2)15(19)11-4-6-12(17)7-5-11/h3-9H,17H2,1-2H3. The van der Waals surface area contributed by atoms with Gasteiger partial charge in [0.25, 0.3) is 5.91 Å². The minimum Gasteiger partial charge on any atom is -0.399 e. The van der Waals surface area contributed by atoms with Crippen molar-refractivity contribution in [3.63, 3.8) is 0 Å². The molecular formula is C15H15ClN2O. The molecule has 0 saturated heterocycles. The van der Waals surface area contributed by atoms with E-state index in [0.717, 1.165) is 5.56 Å². The van der Waals surface area contributed by atoms with Gasteiger partial charge in [-0.25, -0.2) is 0 Å². The largest absolute Gasteiger partial charge is 0.399 e. The SMILES string of the molecule is Cc1ccc(N(C)C(=O)c2ccc(N)cc2)c(Cl)c1. The third-order valence-electron chi connectivity index (χ3n) is 2.93. The van der Waals surface area contributed by atoms with Crippen LogP contribution in [0.2, 0.25) is 5.02 Å². The number of anilines is 2. The summed E-state index contributed by atoms with van der Waals surface area (Å²) in [7, 11) is 1.70. The van der Waals surface area contributed by atoms with Crippen LogP contribution in [0.4, 0.5) is 11.4 Å². The number of nitrogens with two attached hydrogens (primary N) is 1. The summed E-state index contributed by atoms with van der Waals surface area (Å²) in [6, 6.07) is 12.4. The molecule has 0 heterocycles. The molecule has 2 N–H and O–H groups in total. The maximum atomic E-state index is 12.3. The molecule has 0 saturated carbocycles. The Morgan fingerprint density at radius 1 is 1.16 bits per heavy atom. The third kappa shape index (κ3) is 2.88. The number of nitrogens with zero attached hydrogens (tertiary/aromatic N) is 1. The van der Waals surface area contributed by atoms with Gasteiger partial charge in [0, 0.05) is 18.3 Å². The first kappa shape index (κ1) is 13.4. The van der Waals surface area contributed by atoms with E-state index in [9.17, 15) is 4.79 Å². The van der Waals surface area contributed by atoms with Gasteiger partial charge in [0.1, 0.15) is 0 Å². The van der Waals surface area contributed by atoms with E-state index in [0.29, 0.717) is 22.0 Å². The molecular weight excluding hydrogens is 260 g/mol. The molecule has 0 unspecified atom stereocenters. The van der Waals surface area contributed by atoms with Gasteiger partial charge in [-0.2, -0.15) is 0 Å². The number of carbonyl (C=O) groups excluding carboxylic acids is 1. The number of benzene rings is 2. The molecule has 0 aliphatic rings. The van der Waals surface area contributed by atoms with E-state index >= 15 is 0 Å². The molecule has 0 bridgehead atoms. The van der Waals surface area contributed by atoms with Gasteiger partial charge in [0.2, 0.25) is 0 Å². The Kier molecular flexibility index (Phi) is 3.76. The monoisotopic (exact) mass is 274 g/mol. The van der Waals surface area contributed by atoms with E-state index in [-0.39, 0.29) is 5.91 Å². The Hall–Kier alpha value is -2.00. The summed E-state index contributed by atoms with van der Waals surface area (Å²) in [5, 5.41) is 0.561. The Labute approximate surface area is 117 Å². The second kappa shape index (κ2) is 5.33. The minimum atomic E-state index is -0.120. The Morgan fingerprint density at radius 2 is 1.79 bits per heavy atom. The van der Waals surface area contributed by atoms with Gasteiger partial charge in [-0.1, -0.05) is 17.7 Å². The number of carbonyl (C=O) groups is 1. The maximum absolute atomic E-state index is 12.3. The third-order valence-corrected chi connectivity index (χ3v) is 3.23. The van der Waals surface area contributed by atoms with Crippen molar-refractivity contribution >= 4 is 28.9 Å². The van der Waals surface area contributed by atoms with Crippen LogP contribution in [0.5, 0.6) is 0 Å². The topological polar surface area (TPSA) is 46.3 Å². The zero-order chi connectivity index (χ0) is 14.0. The smallest absolute Gasteiger partial charge is 0.258 e. The molecule has 2 rings (SSSR count). The highest BCUT2D eigenvalue weighted by atomic mass is 35.5. The molecule has 0 atom stereocenters. The van der Waals surface area contributed by atoms with Crippen molar-refractivity contribution in [2.24, 2.45) is 0 Å². The van der Waals surface area contributed by atoms with Crippen LogP contribution in [0.1, 0.15) is 15.9 Å². The summed E-state index contributed by atoms with van der Waals surface area (Å²) in [6.07, 6.45) is 0. The van der Waals surface area contributed by atoms with Gasteiger partial charge < -0.3 is 10.6 Å². The quantitative estimate of drug-likeness (QED) is 0.852. The van der Waals surface area contributed by atoms with Crippen molar-refractivity contribution in [2.75, 3.05) is 17.7 Å². The summed E-state index contributed by atoms with van der Waals surface area (Å²) < 4.78 is 0. The first-order valence-corrected chi connectivity index (χ1v) is 6.26. The zero-order valence-electron chi connectivity index (χ0n) is 10.9. The predicted octanol–water partition coefficient (Wildman–Crippen LogP) is 3.51. The fourth-order valence-electron chi connectivity index (χ4n) is 1.81. The average Bonchev–Trinajstić information content (AvgIpc) is 2.38. The predicted molar refractivity (Wildman–Crippen MR) is 79.8 cm³/mol. The van der Waals surface area contributed by atoms with Crippen molar-refractivity contribution in [3.05, 3.63) is 58.6 Å². The zero-order valence-corrected chi connectivity index (χ0v) is 11.6. The number of aryl methyl sites for hydroxylation is 1. The number of hydrogen-bond acceptors (Lipinski definition) is 2. The van der Waals surface area contributed by atoms with Crippen LogP contribution >= 0.6 is 11.6 Å². The highest BCUT2D eigenvalue weighted by Gasteiger charge is 2.15. The second-order valence-corrected chi connectivity index (χ2v) is 4.85. The molecule has 98 valence electrons. The van der Waals surface area contributed by atoms with Gasteiger partial charge >= 0.3 is 0 Å². The van der Waals surface area contributed by atoms with Crippen molar-refractivity contribution in [1.82, 2.24) is 0 Å². The molecule has 0 radical (unpaired) electrons. The van der Waals surface area contributed by atoms with Crippen molar-refractivity contribution in [1.29, 1.82) is 0 Å². The summed E-state index contributed by atoms with van der Waals surface area (Å²) in [4.78, 5) is 13.9. The van der Waals surface area contributed by atoms with E-state index in [1.165, 1.54) is 4.90 Å². The molecule has 3 nitrogen and oxygen atoms in total. The van der Waals surface area contributed by atoms with Crippen molar-refractivity contribution in [2.45, 2.75) is 6.92 Å². The lowest BCUT2D eigenvalue weighted by molar-refractivity contribution is 0.0993. The molecule has 4 heteroatoms. The summed E-state index contributed by atoms with van der Waals surface area (Å²) >= 11 is 6.17. The molecule has 0 fully saturated rings. The van der Waals surface area contributed by atoms with Crippen LogP contribution in [-0.4, -0.2) is 13.0 Å². The molecule has 0 aliphatic carbocycles. The fourth-order valence-corrected chi connectivity index (χ4v) is 2.17. The van der Waals surface area contributed by atoms with E-state index in [4.69, 9.17) is 17.3 Å². The summed E-state index contributed by atoms with van der Waals surface area (Å²) in [6.45, 7) is 1.96. The Morgan fingerprint density at radius 3 is 2.37 bits per heavy atom. The van der Waals surface area contributed by atoms with Crippen molar-refractivity contribution in [3.8, 4) is 0 Å². The van der Waals surface area contributed by atoms with E-state index < -0.39 is 0 Å². The number of halogens is 1. The highest BCUT2D eigenvalue weighted by Crippen LogP contribution is 2.27. The lowest BCUT2D eigenvalue weighted by Gasteiger charge is -2.19. The lowest BCUT2D eigenvalue weighted by atomic mass is 10.1. The first-order valence-electron chi connectivity index (χ1n) is 5.89. The minimum absolute atomic E-state index is 0.120. The number of amides is 1. The lowest BCUT2D eigenvalue weighted by Crippen LogP contribution is -2.26. The van der Waals surface area contributed by atoms with E-state index in [1.54, 1.807) is 31.3 Å². The van der Waals surface area contributed by atoms with Gasteiger partial charge in [-0.3, -0.25) is 4.79 Å². The number of nitrogen functional groups attached to an aromatic ring is 1. The van der Waals surface area contributed by atoms with Gasteiger partial charge in [0.15, 0.2) is 0 Å². The van der Waals surface area contributed by atoms with E-state index in [2.05, 4.69) is 0 Å². The van der Waals surface area contributed by atoms with Crippen LogP contribution in [0.15, 0.2) is 42.5 Å². The molecule has 2 aromatic rings. The van der Waals surface area contributed by atoms with Crippen LogP contribution in [-0.2, 0) is 0 Å². The normalized spacial score (nSPS) is 10.3. The van der Waals surface area contributed by atoms with Crippen LogP contribution in [0.25, 0.3) is 0 Å². The molecule has 0 aliphatic heterocycles. The molecule has 0 aromatic heterocycles. The van der Waals surface area contributed by atoms with Crippen molar-refractivity contribution < 1.29 is 4.79 Å². The highest BCUT2D eigenvalue weighted by molar-refractivity contribution is 6.34. The van der Waals surface area contributed by atoms with Gasteiger partial charge in [-0.15, -0.1) is 0 Å². The molecule has 19 heavy (non-hydrogen) atoms. The fraction of sp³-hybridized carbons (Fsp3) is 0.133. The van der Waals surface area contributed by atoms with Gasteiger partial charge in [-0.05, 0) is 48.9 Å². The first-order chi connectivity index (χ1) is 8.99.